The standard InChI is InChI=1S/C12H20N4O4/c1-4-15-12(11(16(17)18)9(3)14-15)19-7-10-6-13-5-8(2)20-10/h8,10,13H,4-7H2,1-3H3. The maximum atomic E-state index is 11.1. The van der Waals surface area contributed by atoms with Crippen LogP contribution < -0.4 is 10.1 Å². The molecule has 8 heteroatoms. The van der Waals surface area contributed by atoms with Gasteiger partial charge in [0.05, 0.1) is 11.0 Å². The summed E-state index contributed by atoms with van der Waals surface area (Å²) in [6.07, 6.45) is 0.00373. The molecule has 1 aliphatic heterocycles. The summed E-state index contributed by atoms with van der Waals surface area (Å²) in [6, 6.07) is 0. The SMILES string of the molecule is CCn1nc(C)c([N+](=O)[O-])c1OCC1CNCC(C)O1. The second-order valence-corrected chi connectivity index (χ2v) is 4.85. The second kappa shape index (κ2) is 6.19. The van der Waals surface area contributed by atoms with E-state index in [1.165, 1.54) is 4.68 Å². The first-order valence-corrected chi connectivity index (χ1v) is 6.73. The van der Waals surface area contributed by atoms with Gasteiger partial charge in [-0.2, -0.15) is 5.10 Å². The molecular formula is C12H20N4O4. The Balaban J connectivity index is 2.10. The summed E-state index contributed by atoms with van der Waals surface area (Å²) in [5.74, 6) is 0.205. The summed E-state index contributed by atoms with van der Waals surface area (Å²) in [7, 11) is 0. The molecule has 0 amide bonds. The third-order valence-corrected chi connectivity index (χ3v) is 3.17. The van der Waals surface area contributed by atoms with Crippen LogP contribution in [-0.2, 0) is 11.3 Å². The van der Waals surface area contributed by atoms with E-state index in [4.69, 9.17) is 9.47 Å². The molecule has 0 bridgehead atoms. The Hall–Kier alpha value is -1.67. The van der Waals surface area contributed by atoms with E-state index < -0.39 is 4.92 Å². The molecule has 1 aliphatic rings. The number of nitro groups is 1. The minimum Gasteiger partial charge on any atom is -0.470 e. The average molecular weight is 284 g/mol. The molecule has 1 aromatic rings. The molecule has 8 nitrogen and oxygen atoms in total. The van der Waals surface area contributed by atoms with Gasteiger partial charge in [0.15, 0.2) is 0 Å². The highest BCUT2D eigenvalue weighted by Gasteiger charge is 2.28. The van der Waals surface area contributed by atoms with Crippen LogP contribution in [0.3, 0.4) is 0 Å². The highest BCUT2D eigenvalue weighted by Crippen LogP contribution is 2.30. The van der Waals surface area contributed by atoms with Gasteiger partial charge in [-0.15, -0.1) is 0 Å². The lowest BCUT2D eigenvalue weighted by Crippen LogP contribution is -2.46. The summed E-state index contributed by atoms with van der Waals surface area (Å²) in [5.41, 5.74) is 0.298. The number of hydrogen-bond donors (Lipinski definition) is 1. The van der Waals surface area contributed by atoms with E-state index >= 15 is 0 Å². The van der Waals surface area contributed by atoms with Crippen molar-refractivity contribution in [3.63, 3.8) is 0 Å². The molecule has 1 saturated heterocycles. The first-order chi connectivity index (χ1) is 9.52. The Kier molecular flexibility index (Phi) is 4.56. The van der Waals surface area contributed by atoms with Crippen molar-refractivity contribution in [2.75, 3.05) is 19.7 Å². The summed E-state index contributed by atoms with van der Waals surface area (Å²) >= 11 is 0. The number of aromatic nitrogens is 2. The minimum atomic E-state index is -0.452. The second-order valence-electron chi connectivity index (χ2n) is 4.85. The van der Waals surface area contributed by atoms with Crippen LogP contribution in [-0.4, -0.2) is 46.6 Å². The highest BCUT2D eigenvalue weighted by molar-refractivity contribution is 5.45. The van der Waals surface area contributed by atoms with E-state index in [2.05, 4.69) is 10.4 Å². The van der Waals surface area contributed by atoms with Gasteiger partial charge in [-0.05, 0) is 20.8 Å². The molecule has 2 atom stereocenters. The van der Waals surface area contributed by atoms with Crippen molar-refractivity contribution in [1.82, 2.24) is 15.1 Å². The number of rotatable bonds is 5. The predicted molar refractivity (Wildman–Crippen MR) is 72.0 cm³/mol. The number of ether oxygens (including phenoxy) is 2. The molecule has 0 saturated carbocycles. The van der Waals surface area contributed by atoms with Crippen LogP contribution in [0.4, 0.5) is 5.69 Å². The third-order valence-electron chi connectivity index (χ3n) is 3.17. The number of aryl methyl sites for hydroxylation is 2. The van der Waals surface area contributed by atoms with E-state index in [1.807, 2.05) is 13.8 Å². The first kappa shape index (κ1) is 14.7. The fourth-order valence-electron chi connectivity index (χ4n) is 2.26. The third kappa shape index (κ3) is 3.07. The lowest BCUT2D eigenvalue weighted by molar-refractivity contribution is -0.386. The van der Waals surface area contributed by atoms with Gasteiger partial charge in [-0.3, -0.25) is 10.1 Å². The van der Waals surface area contributed by atoms with E-state index in [0.717, 1.165) is 6.54 Å². The molecule has 1 N–H and O–H groups in total. The van der Waals surface area contributed by atoms with Crippen LogP contribution in [0.5, 0.6) is 5.88 Å². The van der Waals surface area contributed by atoms with Crippen molar-refractivity contribution >= 4 is 5.69 Å². The Bertz CT molecular complexity index is 488. The van der Waals surface area contributed by atoms with Crippen LogP contribution >= 0.6 is 0 Å². The summed E-state index contributed by atoms with van der Waals surface area (Å²) in [5, 5.41) is 18.5. The quantitative estimate of drug-likeness (QED) is 0.637. The monoisotopic (exact) mass is 284 g/mol. The molecule has 2 rings (SSSR count). The van der Waals surface area contributed by atoms with Crippen molar-refractivity contribution in [3.05, 3.63) is 15.8 Å². The largest absolute Gasteiger partial charge is 0.470 e. The van der Waals surface area contributed by atoms with E-state index in [0.29, 0.717) is 18.8 Å². The van der Waals surface area contributed by atoms with E-state index in [1.54, 1.807) is 6.92 Å². The first-order valence-electron chi connectivity index (χ1n) is 6.73. The fraction of sp³-hybridized carbons (Fsp3) is 0.750. The van der Waals surface area contributed by atoms with Gasteiger partial charge in [0.2, 0.25) is 0 Å². The van der Waals surface area contributed by atoms with Crippen molar-refractivity contribution in [2.45, 2.75) is 39.5 Å². The lowest BCUT2D eigenvalue weighted by Gasteiger charge is -2.28. The summed E-state index contributed by atoms with van der Waals surface area (Å²) in [6.45, 7) is 7.72. The number of morpholine rings is 1. The zero-order chi connectivity index (χ0) is 14.7. The number of hydrogen-bond acceptors (Lipinski definition) is 6. The van der Waals surface area contributed by atoms with Crippen molar-refractivity contribution < 1.29 is 14.4 Å². The molecule has 0 aliphatic carbocycles. The normalized spacial score (nSPS) is 22.8. The number of nitrogens with zero attached hydrogens (tertiary/aromatic N) is 3. The predicted octanol–water partition coefficient (Wildman–Crippen LogP) is 0.875. The maximum absolute atomic E-state index is 11.1. The molecule has 0 radical (unpaired) electrons. The van der Waals surface area contributed by atoms with Crippen LogP contribution in [0.1, 0.15) is 19.5 Å². The molecule has 112 valence electrons. The lowest BCUT2D eigenvalue weighted by atomic mass is 10.2. The Labute approximate surface area is 117 Å². The Morgan fingerprint density at radius 3 is 2.95 bits per heavy atom. The molecule has 0 aromatic carbocycles. The smallest absolute Gasteiger partial charge is 0.353 e. The van der Waals surface area contributed by atoms with Crippen LogP contribution in [0.2, 0.25) is 0 Å². The Morgan fingerprint density at radius 2 is 2.35 bits per heavy atom. The zero-order valence-corrected chi connectivity index (χ0v) is 12.0. The van der Waals surface area contributed by atoms with Gasteiger partial charge in [0.25, 0.3) is 5.88 Å². The maximum Gasteiger partial charge on any atom is 0.353 e. The van der Waals surface area contributed by atoms with Gasteiger partial charge < -0.3 is 14.8 Å². The molecule has 2 unspecified atom stereocenters. The van der Waals surface area contributed by atoms with Gasteiger partial charge in [0.1, 0.15) is 18.4 Å². The molecular weight excluding hydrogens is 264 g/mol. The molecule has 1 fully saturated rings. The molecule has 20 heavy (non-hydrogen) atoms. The molecule has 1 aromatic heterocycles. The summed E-state index contributed by atoms with van der Waals surface area (Å²) < 4.78 is 12.8. The average Bonchev–Trinajstić information content (AvgIpc) is 2.72. The summed E-state index contributed by atoms with van der Waals surface area (Å²) in [4.78, 5) is 10.7. The minimum absolute atomic E-state index is 0.0660. The van der Waals surface area contributed by atoms with Gasteiger partial charge in [0, 0.05) is 19.6 Å². The molecule has 2 heterocycles. The van der Waals surface area contributed by atoms with E-state index in [9.17, 15) is 10.1 Å². The van der Waals surface area contributed by atoms with Gasteiger partial charge in [-0.1, -0.05) is 0 Å². The van der Waals surface area contributed by atoms with Crippen molar-refractivity contribution in [3.8, 4) is 5.88 Å². The Morgan fingerprint density at radius 1 is 1.60 bits per heavy atom. The van der Waals surface area contributed by atoms with Crippen molar-refractivity contribution in [1.29, 1.82) is 0 Å². The fourth-order valence-corrected chi connectivity index (χ4v) is 2.26. The van der Waals surface area contributed by atoms with Crippen LogP contribution in [0.25, 0.3) is 0 Å². The highest BCUT2D eigenvalue weighted by atomic mass is 16.6. The van der Waals surface area contributed by atoms with Crippen LogP contribution in [0.15, 0.2) is 0 Å². The van der Waals surface area contributed by atoms with Gasteiger partial charge >= 0.3 is 5.69 Å². The molecule has 0 spiro atoms. The van der Waals surface area contributed by atoms with Crippen LogP contribution in [0, 0.1) is 17.0 Å². The number of nitrogens with one attached hydrogen (secondary N) is 1. The zero-order valence-electron chi connectivity index (χ0n) is 12.0. The van der Waals surface area contributed by atoms with Gasteiger partial charge in [-0.25, -0.2) is 4.68 Å². The van der Waals surface area contributed by atoms with Crippen molar-refractivity contribution in [2.24, 2.45) is 0 Å². The topological polar surface area (TPSA) is 91.5 Å². The van der Waals surface area contributed by atoms with E-state index in [-0.39, 0.29) is 30.4 Å².